The third kappa shape index (κ3) is 8.25. The van der Waals surface area contributed by atoms with Gasteiger partial charge in [-0.1, -0.05) is 141 Å². The zero-order valence-electron chi connectivity index (χ0n) is 30.9. The highest BCUT2D eigenvalue weighted by Crippen LogP contribution is 2.50. The van der Waals surface area contributed by atoms with Crippen LogP contribution in [0.25, 0.3) is 59.9 Å². The molecule has 0 spiro atoms. The fraction of sp³-hybridized carbons (Fsp3) is 0.435. The van der Waals surface area contributed by atoms with Crippen LogP contribution in [0.5, 0.6) is 0 Å². The molecule has 2 unspecified atom stereocenters. The zero-order chi connectivity index (χ0) is 34.8. The summed E-state index contributed by atoms with van der Waals surface area (Å²) in [5, 5.41) is 2.85. The summed E-state index contributed by atoms with van der Waals surface area (Å²) in [4.78, 5) is 2.78. The highest BCUT2D eigenvalue weighted by Gasteiger charge is 2.18. The van der Waals surface area contributed by atoms with Crippen LogP contribution < -0.4 is 0 Å². The minimum atomic E-state index is 0.809. The number of rotatable bonds is 16. The number of fused-ring (bicyclic) bond motifs is 7. The Balaban J connectivity index is 1.02. The van der Waals surface area contributed by atoms with E-state index in [2.05, 4.69) is 114 Å². The van der Waals surface area contributed by atoms with Crippen molar-refractivity contribution in [1.29, 1.82) is 0 Å². The molecular weight excluding hydrogens is 681 g/mol. The third-order valence-electron chi connectivity index (χ3n) is 10.7. The molecule has 0 saturated heterocycles. The summed E-state index contributed by atoms with van der Waals surface area (Å²) < 4.78 is 8.67. The van der Waals surface area contributed by atoms with Gasteiger partial charge in [0.1, 0.15) is 0 Å². The van der Waals surface area contributed by atoms with Gasteiger partial charge in [-0.3, -0.25) is 0 Å². The van der Waals surface area contributed by atoms with E-state index < -0.39 is 0 Å². The van der Waals surface area contributed by atoms with Gasteiger partial charge in [0.25, 0.3) is 0 Å². The average Bonchev–Trinajstić information content (AvgIpc) is 3.86. The van der Waals surface area contributed by atoms with Crippen molar-refractivity contribution >= 4 is 84.3 Å². The molecule has 262 valence electrons. The highest BCUT2D eigenvalue weighted by atomic mass is 32.1. The van der Waals surface area contributed by atoms with Gasteiger partial charge in [0, 0.05) is 29.9 Å². The van der Waals surface area contributed by atoms with E-state index >= 15 is 0 Å². The van der Waals surface area contributed by atoms with Crippen molar-refractivity contribution < 1.29 is 0 Å². The first-order valence-corrected chi connectivity index (χ1v) is 22.5. The molecule has 7 rings (SSSR count). The first-order valence-electron chi connectivity index (χ1n) is 19.2. The van der Waals surface area contributed by atoms with Gasteiger partial charge >= 0.3 is 0 Å². The summed E-state index contributed by atoms with van der Waals surface area (Å²) in [6.07, 6.45) is 13.1. The van der Waals surface area contributed by atoms with E-state index in [0.29, 0.717) is 0 Å². The minimum absolute atomic E-state index is 0.809. The number of benzene rings is 3. The Kier molecular flexibility index (Phi) is 11.5. The molecule has 0 aliphatic carbocycles. The molecule has 0 aliphatic heterocycles. The van der Waals surface area contributed by atoms with E-state index in [1.54, 1.807) is 0 Å². The summed E-state index contributed by atoms with van der Waals surface area (Å²) in [5.74, 6) is 3.27. The van der Waals surface area contributed by atoms with Crippen LogP contribution in [0.15, 0.2) is 72.8 Å². The predicted octanol–water partition coefficient (Wildman–Crippen LogP) is 16.7. The van der Waals surface area contributed by atoms with Crippen molar-refractivity contribution in [2.75, 3.05) is 0 Å². The summed E-state index contributed by atoms with van der Waals surface area (Å²) in [6.45, 7) is 14.2. The first-order chi connectivity index (χ1) is 24.2. The second kappa shape index (κ2) is 16.0. The second-order valence-electron chi connectivity index (χ2n) is 16.0. The maximum atomic E-state index is 2.44. The minimum Gasteiger partial charge on any atom is -0.134 e. The number of hydrogen-bond acceptors (Lipinski definition) is 4. The molecule has 0 nitrogen and oxygen atoms in total. The third-order valence-corrected chi connectivity index (χ3v) is 15.9. The Bertz CT molecular complexity index is 1990. The fourth-order valence-corrected chi connectivity index (χ4v) is 12.8. The highest BCUT2D eigenvalue weighted by molar-refractivity contribution is 7.39. The van der Waals surface area contributed by atoms with E-state index in [9.17, 15) is 0 Å². The molecule has 0 N–H and O–H groups in total. The van der Waals surface area contributed by atoms with E-state index in [0.717, 1.165) is 23.7 Å². The Morgan fingerprint density at radius 1 is 0.420 bits per heavy atom. The second-order valence-corrected chi connectivity index (χ2v) is 20.2. The van der Waals surface area contributed by atoms with Crippen LogP contribution in [0, 0.1) is 23.7 Å². The predicted molar refractivity (Wildman–Crippen MR) is 231 cm³/mol. The molecule has 0 amide bonds. The molecule has 4 aromatic heterocycles. The SMILES string of the molecule is CC(C)CCCC(C)CCc1ccc(-c2cc3sc4c(ccc5c6sc(-c7ccc(CCC(C)CCCC(C)C)cc7)cc6sc54)c3s2)cc1. The lowest BCUT2D eigenvalue weighted by molar-refractivity contribution is 0.437. The molecule has 0 radical (unpaired) electrons. The zero-order valence-corrected chi connectivity index (χ0v) is 34.2. The Morgan fingerprint density at radius 3 is 1.20 bits per heavy atom. The first kappa shape index (κ1) is 35.9. The average molecular weight is 735 g/mol. The lowest BCUT2D eigenvalue weighted by Gasteiger charge is -2.12. The topological polar surface area (TPSA) is 0 Å². The summed E-state index contributed by atoms with van der Waals surface area (Å²) in [7, 11) is 0. The molecule has 0 saturated carbocycles. The van der Waals surface area contributed by atoms with Gasteiger partial charge in [0.2, 0.25) is 0 Å². The maximum Gasteiger partial charge on any atom is 0.0542 e. The molecule has 2 atom stereocenters. The standard InChI is InChI=1S/C46H54S4/c1-29(2)9-7-11-31(5)13-15-33-17-21-35(22-18-33)39-27-41-43(47-39)37-25-26-38-44-42(50-46(38)45(37)49-41)28-40(48-44)36-23-19-34(20-24-36)16-14-32(6)12-8-10-30(3)4/h17-32H,7-16H2,1-6H3. The van der Waals surface area contributed by atoms with Gasteiger partial charge in [-0.25, -0.2) is 0 Å². The monoisotopic (exact) mass is 734 g/mol. The van der Waals surface area contributed by atoms with Crippen LogP contribution in [0.4, 0.5) is 0 Å². The van der Waals surface area contributed by atoms with E-state index in [4.69, 9.17) is 0 Å². The van der Waals surface area contributed by atoms with Gasteiger partial charge in [-0.2, -0.15) is 0 Å². The largest absolute Gasteiger partial charge is 0.134 e. The van der Waals surface area contributed by atoms with Crippen molar-refractivity contribution in [3.05, 3.63) is 83.9 Å². The van der Waals surface area contributed by atoms with Crippen molar-refractivity contribution in [3.8, 4) is 20.9 Å². The number of thiophene rings is 4. The number of hydrogen-bond donors (Lipinski definition) is 0. The molecule has 0 bridgehead atoms. The Labute approximate surface area is 316 Å². The van der Waals surface area contributed by atoms with E-state index in [1.165, 1.54) is 135 Å². The van der Waals surface area contributed by atoms with E-state index in [1.807, 2.05) is 45.3 Å². The number of aryl methyl sites for hydroxylation is 2. The lowest BCUT2D eigenvalue weighted by atomic mass is 9.94. The molecule has 0 fully saturated rings. The molecule has 0 aliphatic rings. The van der Waals surface area contributed by atoms with Crippen LogP contribution in [0.3, 0.4) is 0 Å². The smallest absolute Gasteiger partial charge is 0.0542 e. The molecule has 50 heavy (non-hydrogen) atoms. The maximum absolute atomic E-state index is 2.44. The molecule has 7 aromatic rings. The van der Waals surface area contributed by atoms with Gasteiger partial charge in [-0.05, 0) is 83.7 Å². The van der Waals surface area contributed by atoms with Crippen molar-refractivity contribution in [3.63, 3.8) is 0 Å². The van der Waals surface area contributed by atoms with Crippen molar-refractivity contribution in [1.82, 2.24) is 0 Å². The van der Waals surface area contributed by atoms with Crippen LogP contribution >= 0.6 is 45.3 Å². The molecule has 3 aromatic carbocycles. The van der Waals surface area contributed by atoms with Gasteiger partial charge < -0.3 is 0 Å². The fourth-order valence-electron chi connectivity index (χ4n) is 7.44. The summed E-state index contributed by atoms with van der Waals surface area (Å²) in [6, 6.07) is 28.5. The van der Waals surface area contributed by atoms with Gasteiger partial charge in [-0.15, -0.1) is 45.3 Å². The normalized spacial score (nSPS) is 13.6. The van der Waals surface area contributed by atoms with Crippen molar-refractivity contribution in [2.45, 2.75) is 106 Å². The van der Waals surface area contributed by atoms with Crippen LogP contribution in [-0.4, -0.2) is 0 Å². The quantitative estimate of drug-likeness (QED) is 0.0927. The Hall–Kier alpha value is -2.50. The summed E-state index contributed by atoms with van der Waals surface area (Å²) >= 11 is 7.91. The van der Waals surface area contributed by atoms with Crippen molar-refractivity contribution in [2.24, 2.45) is 23.7 Å². The Morgan fingerprint density at radius 2 is 0.820 bits per heavy atom. The van der Waals surface area contributed by atoms with Gasteiger partial charge in [0.05, 0.1) is 18.8 Å². The van der Waals surface area contributed by atoms with Crippen LogP contribution in [0.2, 0.25) is 0 Å². The van der Waals surface area contributed by atoms with Crippen LogP contribution in [0.1, 0.15) is 104 Å². The van der Waals surface area contributed by atoms with E-state index in [-0.39, 0.29) is 0 Å². The van der Waals surface area contributed by atoms with Crippen LogP contribution in [-0.2, 0) is 12.8 Å². The molecular formula is C46H54S4. The molecule has 4 heteroatoms. The lowest BCUT2D eigenvalue weighted by Crippen LogP contribution is -1.99. The molecule has 4 heterocycles. The summed E-state index contributed by atoms with van der Waals surface area (Å²) in [5.41, 5.74) is 5.65. The van der Waals surface area contributed by atoms with Gasteiger partial charge in [0.15, 0.2) is 0 Å².